The van der Waals surface area contributed by atoms with E-state index in [4.69, 9.17) is 4.98 Å². The molecule has 0 spiro atoms. The molecule has 1 aromatic carbocycles. The fourth-order valence-electron chi connectivity index (χ4n) is 5.23. The Kier molecular flexibility index (Phi) is 7.44. The molecular weight excluding hydrogens is 474 g/mol. The maximum atomic E-state index is 13.9. The fraction of sp³-hybridized carbons (Fsp3) is 0.464. The summed E-state index contributed by atoms with van der Waals surface area (Å²) in [7, 11) is 0. The quantitative estimate of drug-likeness (QED) is 0.240. The van der Waals surface area contributed by atoms with Crippen LogP contribution in [0.15, 0.2) is 39.8 Å². The normalized spacial score (nSPS) is 15.7. The van der Waals surface area contributed by atoms with E-state index in [0.717, 1.165) is 65.6 Å². The Labute approximate surface area is 215 Å². The lowest BCUT2D eigenvalue weighted by Gasteiger charge is -2.16. The van der Waals surface area contributed by atoms with E-state index in [-0.39, 0.29) is 17.2 Å². The highest BCUT2D eigenvalue weighted by atomic mass is 32.2. The van der Waals surface area contributed by atoms with Crippen LogP contribution in [0.4, 0.5) is 0 Å². The summed E-state index contributed by atoms with van der Waals surface area (Å²) in [4.78, 5) is 33.7. The highest BCUT2D eigenvalue weighted by molar-refractivity contribution is 7.99. The zero-order chi connectivity index (χ0) is 24.4. The van der Waals surface area contributed by atoms with Crippen molar-refractivity contribution in [3.63, 3.8) is 0 Å². The number of nitrogens with one attached hydrogen (secondary N) is 1. The second kappa shape index (κ2) is 10.7. The van der Waals surface area contributed by atoms with Crippen LogP contribution in [-0.2, 0) is 17.6 Å². The van der Waals surface area contributed by atoms with Crippen molar-refractivity contribution in [2.75, 3.05) is 12.3 Å². The van der Waals surface area contributed by atoms with Crippen molar-refractivity contribution in [1.29, 1.82) is 0 Å². The lowest BCUT2D eigenvalue weighted by Crippen LogP contribution is -2.28. The summed E-state index contributed by atoms with van der Waals surface area (Å²) >= 11 is 3.01. The van der Waals surface area contributed by atoms with Gasteiger partial charge in [-0.1, -0.05) is 41.1 Å². The minimum Gasteiger partial charge on any atom is -0.355 e. The van der Waals surface area contributed by atoms with E-state index in [1.807, 2.05) is 19.1 Å². The van der Waals surface area contributed by atoms with Crippen molar-refractivity contribution in [1.82, 2.24) is 14.9 Å². The Morgan fingerprint density at radius 3 is 2.77 bits per heavy atom. The second-order valence-electron chi connectivity index (χ2n) is 9.71. The predicted molar refractivity (Wildman–Crippen MR) is 146 cm³/mol. The Hall–Kier alpha value is -2.38. The van der Waals surface area contributed by atoms with Crippen molar-refractivity contribution >= 4 is 39.2 Å². The number of amides is 1. The van der Waals surface area contributed by atoms with Crippen LogP contribution in [0.2, 0.25) is 0 Å². The van der Waals surface area contributed by atoms with E-state index < -0.39 is 0 Å². The Morgan fingerprint density at radius 1 is 1.14 bits per heavy atom. The first-order valence-corrected chi connectivity index (χ1v) is 14.5. The maximum absolute atomic E-state index is 13.9. The number of hydrogen-bond acceptors (Lipinski definition) is 5. The van der Waals surface area contributed by atoms with Crippen LogP contribution in [-0.4, -0.2) is 27.8 Å². The Balaban J connectivity index is 1.42. The number of carbonyl (C=O) groups is 1. The van der Waals surface area contributed by atoms with Gasteiger partial charge in [-0.3, -0.25) is 14.2 Å². The predicted octanol–water partition coefficient (Wildman–Crippen LogP) is 6.04. The molecule has 0 saturated heterocycles. The summed E-state index contributed by atoms with van der Waals surface area (Å²) in [5, 5.41) is 4.43. The molecule has 1 N–H and O–H groups in total. The highest BCUT2D eigenvalue weighted by Gasteiger charge is 2.23. The van der Waals surface area contributed by atoms with E-state index in [0.29, 0.717) is 11.7 Å². The average molecular weight is 508 g/mol. The van der Waals surface area contributed by atoms with Crippen LogP contribution in [0.5, 0.6) is 0 Å². The summed E-state index contributed by atoms with van der Waals surface area (Å²) < 4.78 is 1.74. The topological polar surface area (TPSA) is 64.0 Å². The molecule has 2 heterocycles. The molecule has 0 saturated carbocycles. The third kappa shape index (κ3) is 5.26. The van der Waals surface area contributed by atoms with Gasteiger partial charge in [0.25, 0.3) is 5.56 Å². The molecule has 0 bridgehead atoms. The van der Waals surface area contributed by atoms with E-state index in [1.165, 1.54) is 47.0 Å². The van der Waals surface area contributed by atoms with Gasteiger partial charge in [0.05, 0.1) is 16.8 Å². The number of nitrogens with zero attached hydrogens (tertiary/aromatic N) is 2. The first kappa shape index (κ1) is 24.3. The van der Waals surface area contributed by atoms with Gasteiger partial charge < -0.3 is 5.32 Å². The fourth-order valence-corrected chi connectivity index (χ4v) is 7.37. The first-order valence-electron chi connectivity index (χ1n) is 12.7. The lowest BCUT2D eigenvalue weighted by molar-refractivity contribution is -0.118. The van der Waals surface area contributed by atoms with Crippen LogP contribution >= 0.6 is 23.1 Å². The van der Waals surface area contributed by atoms with Gasteiger partial charge >= 0.3 is 0 Å². The Bertz CT molecular complexity index is 1350. The number of aryl methyl sites for hydroxylation is 4. The molecule has 0 fully saturated rings. The van der Waals surface area contributed by atoms with Gasteiger partial charge in [0.15, 0.2) is 5.16 Å². The van der Waals surface area contributed by atoms with Crippen LogP contribution < -0.4 is 10.9 Å². The number of aromatic nitrogens is 2. The molecule has 0 aliphatic heterocycles. The number of thiophene rings is 1. The van der Waals surface area contributed by atoms with Gasteiger partial charge in [-0.15, -0.1) is 11.3 Å². The van der Waals surface area contributed by atoms with Gasteiger partial charge in [-0.25, -0.2) is 4.98 Å². The van der Waals surface area contributed by atoms with Gasteiger partial charge in [0.1, 0.15) is 4.83 Å². The molecule has 2 aromatic heterocycles. The van der Waals surface area contributed by atoms with Gasteiger partial charge in [0, 0.05) is 11.4 Å². The molecule has 0 unspecified atom stereocenters. The van der Waals surface area contributed by atoms with Gasteiger partial charge in [-0.2, -0.15) is 0 Å². The summed E-state index contributed by atoms with van der Waals surface area (Å²) in [6.07, 6.45) is 12.4. The minimum absolute atomic E-state index is 0.00602. The van der Waals surface area contributed by atoms with E-state index in [9.17, 15) is 9.59 Å². The van der Waals surface area contributed by atoms with Crippen molar-refractivity contribution < 1.29 is 4.79 Å². The summed E-state index contributed by atoms with van der Waals surface area (Å²) in [6, 6.07) is 6.12. The molecule has 35 heavy (non-hydrogen) atoms. The number of hydrogen-bond donors (Lipinski definition) is 1. The minimum atomic E-state index is -0.0154. The third-order valence-corrected chi connectivity index (χ3v) is 9.16. The van der Waals surface area contributed by atoms with Crippen molar-refractivity contribution in [2.24, 2.45) is 0 Å². The molecule has 0 atom stereocenters. The molecule has 3 aromatic rings. The molecular formula is C28H33N3O2S2. The average Bonchev–Trinajstić information content (AvgIpc) is 3.23. The third-order valence-electron chi connectivity index (χ3n) is 7.04. The van der Waals surface area contributed by atoms with Crippen LogP contribution in [0.3, 0.4) is 0 Å². The lowest BCUT2D eigenvalue weighted by atomic mass is 9.97. The standard InChI is InChI=1S/C28H33N3O2S2/c1-18-12-13-22(19(2)16-18)31-27(33)25-21-10-6-7-11-23(21)35-26(25)30-28(31)34-17-24(32)29-15-14-20-8-4-3-5-9-20/h8,12-13,16H,3-7,9-11,14-15,17H2,1-2H3,(H,29,32). The van der Waals surface area contributed by atoms with Crippen LogP contribution in [0.1, 0.15) is 66.5 Å². The monoisotopic (exact) mass is 507 g/mol. The zero-order valence-corrected chi connectivity index (χ0v) is 22.2. The van der Waals surface area contributed by atoms with Crippen LogP contribution in [0, 0.1) is 13.8 Å². The molecule has 5 rings (SSSR count). The van der Waals surface area contributed by atoms with Crippen LogP contribution in [0.25, 0.3) is 15.9 Å². The number of thioether (sulfide) groups is 1. The molecule has 2 aliphatic rings. The summed E-state index contributed by atoms with van der Waals surface area (Å²) in [5.74, 6) is 0.228. The van der Waals surface area contributed by atoms with Gasteiger partial charge in [0.2, 0.25) is 5.91 Å². The zero-order valence-electron chi connectivity index (χ0n) is 20.6. The molecule has 184 valence electrons. The van der Waals surface area contributed by atoms with Crippen molar-refractivity contribution in [3.05, 3.63) is 61.8 Å². The van der Waals surface area contributed by atoms with E-state index in [1.54, 1.807) is 15.9 Å². The highest BCUT2D eigenvalue weighted by Crippen LogP contribution is 2.35. The largest absolute Gasteiger partial charge is 0.355 e. The maximum Gasteiger partial charge on any atom is 0.267 e. The molecule has 0 radical (unpaired) electrons. The summed E-state index contributed by atoms with van der Waals surface area (Å²) in [6.45, 7) is 4.75. The van der Waals surface area contributed by atoms with Crippen molar-refractivity contribution in [2.45, 2.75) is 76.8 Å². The smallest absolute Gasteiger partial charge is 0.267 e. The SMILES string of the molecule is Cc1ccc(-n2c(SCC(=O)NCCC3=CCCCC3)nc3sc4c(c3c2=O)CCCC4)c(C)c1. The molecule has 2 aliphatic carbocycles. The first-order chi connectivity index (χ1) is 17.0. The number of carbonyl (C=O) groups excluding carboxylic acids is 1. The number of allylic oxidation sites excluding steroid dienone is 1. The number of fused-ring (bicyclic) bond motifs is 3. The number of rotatable bonds is 7. The molecule has 5 nitrogen and oxygen atoms in total. The molecule has 7 heteroatoms. The van der Waals surface area contributed by atoms with E-state index >= 15 is 0 Å². The van der Waals surface area contributed by atoms with E-state index in [2.05, 4.69) is 24.4 Å². The number of benzene rings is 1. The molecule has 1 amide bonds. The van der Waals surface area contributed by atoms with Gasteiger partial charge in [-0.05, 0) is 88.8 Å². The Morgan fingerprint density at radius 2 is 1.97 bits per heavy atom. The summed E-state index contributed by atoms with van der Waals surface area (Å²) in [5.41, 5.74) is 5.68. The van der Waals surface area contributed by atoms with Crippen molar-refractivity contribution in [3.8, 4) is 5.69 Å². The second-order valence-corrected chi connectivity index (χ2v) is 11.7.